The maximum Gasteiger partial charge on any atom is 0.125 e. The van der Waals surface area contributed by atoms with Gasteiger partial charge in [0.1, 0.15) is 10.6 Å². The van der Waals surface area contributed by atoms with Gasteiger partial charge in [-0.05, 0) is 32.0 Å². The van der Waals surface area contributed by atoms with Gasteiger partial charge in [0.15, 0.2) is 0 Å². The Morgan fingerprint density at radius 2 is 2.00 bits per heavy atom. The molecule has 0 aliphatic rings. The minimum atomic E-state index is -0.937. The maximum absolute atomic E-state index is 9.85. The molecule has 1 aromatic carbocycles. The number of hydrogen-bond donors (Lipinski definition) is 1. The summed E-state index contributed by atoms with van der Waals surface area (Å²) in [7, 11) is 0. The molecule has 2 rings (SSSR count). The number of aliphatic hydroxyl groups is 1. The number of benzene rings is 1. The van der Waals surface area contributed by atoms with Crippen LogP contribution < -0.4 is 0 Å². The first kappa shape index (κ1) is 12.8. The molecule has 0 spiro atoms. The Labute approximate surface area is 114 Å². The summed E-state index contributed by atoms with van der Waals surface area (Å²) in [6, 6.07) is 5.29. The molecule has 0 saturated carbocycles. The Hall–Kier alpha value is -0.610. The van der Waals surface area contributed by atoms with Crippen molar-refractivity contribution in [2.24, 2.45) is 0 Å². The Morgan fingerprint density at radius 3 is 2.53 bits per heavy atom. The van der Waals surface area contributed by atoms with E-state index in [1.807, 2.05) is 11.4 Å². The van der Waals surface area contributed by atoms with Crippen molar-refractivity contribution in [2.75, 3.05) is 0 Å². The second-order valence-corrected chi connectivity index (χ2v) is 5.92. The van der Waals surface area contributed by atoms with E-state index in [1.54, 1.807) is 26.0 Å². The molecule has 0 amide bonds. The van der Waals surface area contributed by atoms with E-state index < -0.39 is 5.60 Å². The molecule has 17 heavy (non-hydrogen) atoms. The average molecular weight is 288 g/mol. The van der Waals surface area contributed by atoms with E-state index in [0.29, 0.717) is 15.7 Å². The van der Waals surface area contributed by atoms with Crippen LogP contribution in [-0.2, 0) is 5.60 Å². The summed E-state index contributed by atoms with van der Waals surface area (Å²) in [6.45, 7) is 3.41. The largest absolute Gasteiger partial charge is 0.384 e. The van der Waals surface area contributed by atoms with E-state index in [-0.39, 0.29) is 0 Å². The van der Waals surface area contributed by atoms with Crippen LogP contribution in [0.4, 0.5) is 0 Å². The van der Waals surface area contributed by atoms with E-state index in [9.17, 15) is 5.11 Å². The van der Waals surface area contributed by atoms with Crippen molar-refractivity contribution >= 4 is 34.5 Å². The Kier molecular flexibility index (Phi) is 3.46. The summed E-state index contributed by atoms with van der Waals surface area (Å²) < 4.78 is 0. The van der Waals surface area contributed by atoms with Crippen LogP contribution in [0.5, 0.6) is 0 Å². The SMILES string of the molecule is CC(C)(O)c1csc(-c2ccc(Cl)cc2Cl)n1. The molecule has 0 atom stereocenters. The zero-order valence-corrected chi connectivity index (χ0v) is 11.7. The van der Waals surface area contributed by atoms with E-state index in [2.05, 4.69) is 4.98 Å². The minimum absolute atomic E-state index is 0.564. The highest BCUT2D eigenvalue weighted by molar-refractivity contribution is 7.13. The summed E-state index contributed by atoms with van der Waals surface area (Å²) >= 11 is 13.4. The molecule has 0 aliphatic carbocycles. The third-order valence-electron chi connectivity index (χ3n) is 2.29. The van der Waals surface area contributed by atoms with Crippen molar-refractivity contribution in [2.45, 2.75) is 19.4 Å². The van der Waals surface area contributed by atoms with Gasteiger partial charge in [-0.1, -0.05) is 23.2 Å². The molecule has 0 radical (unpaired) electrons. The standard InChI is InChI=1S/C12H11Cl2NOS/c1-12(2,16)10-6-17-11(15-10)8-4-3-7(13)5-9(8)14/h3-6,16H,1-2H3. The third-order valence-corrected chi connectivity index (χ3v) is 3.72. The first-order chi connectivity index (χ1) is 7.88. The Bertz CT molecular complexity index is 546. The zero-order chi connectivity index (χ0) is 12.6. The molecule has 2 aromatic rings. The highest BCUT2D eigenvalue weighted by Crippen LogP contribution is 2.34. The molecule has 0 fully saturated rings. The number of halogens is 2. The third kappa shape index (κ3) is 2.80. The molecule has 2 nitrogen and oxygen atoms in total. The van der Waals surface area contributed by atoms with Crippen molar-refractivity contribution in [3.05, 3.63) is 39.3 Å². The van der Waals surface area contributed by atoms with E-state index >= 15 is 0 Å². The first-order valence-corrected chi connectivity index (χ1v) is 6.65. The molecule has 0 unspecified atom stereocenters. The van der Waals surface area contributed by atoms with E-state index in [1.165, 1.54) is 11.3 Å². The summed E-state index contributed by atoms with van der Waals surface area (Å²) in [5, 5.41) is 13.6. The van der Waals surface area contributed by atoms with Gasteiger partial charge >= 0.3 is 0 Å². The molecule has 0 aliphatic heterocycles. The number of aromatic nitrogens is 1. The lowest BCUT2D eigenvalue weighted by atomic mass is 10.1. The summed E-state index contributed by atoms with van der Waals surface area (Å²) in [6.07, 6.45) is 0. The average Bonchev–Trinajstić information content (AvgIpc) is 2.65. The smallest absolute Gasteiger partial charge is 0.125 e. The summed E-state index contributed by atoms with van der Waals surface area (Å²) in [5.41, 5.74) is 0.535. The van der Waals surface area contributed by atoms with Crippen LogP contribution in [0.2, 0.25) is 10.0 Å². The predicted molar refractivity (Wildman–Crippen MR) is 72.8 cm³/mol. The zero-order valence-electron chi connectivity index (χ0n) is 9.37. The lowest BCUT2D eigenvalue weighted by Crippen LogP contribution is -2.15. The monoisotopic (exact) mass is 287 g/mol. The number of rotatable bonds is 2. The lowest BCUT2D eigenvalue weighted by Gasteiger charge is -2.13. The molecule has 5 heteroatoms. The highest BCUT2D eigenvalue weighted by atomic mass is 35.5. The first-order valence-electron chi connectivity index (χ1n) is 5.02. The summed E-state index contributed by atoms with van der Waals surface area (Å²) in [4.78, 5) is 4.38. The van der Waals surface area contributed by atoms with Crippen molar-refractivity contribution < 1.29 is 5.11 Å². The van der Waals surface area contributed by atoms with Crippen molar-refractivity contribution in [3.8, 4) is 10.6 Å². The number of nitrogens with zero attached hydrogens (tertiary/aromatic N) is 1. The quantitative estimate of drug-likeness (QED) is 0.891. The van der Waals surface area contributed by atoms with Gasteiger partial charge in [0.05, 0.1) is 10.7 Å². The van der Waals surface area contributed by atoms with Crippen molar-refractivity contribution in [1.29, 1.82) is 0 Å². The van der Waals surface area contributed by atoms with Crippen LogP contribution in [0.25, 0.3) is 10.6 Å². The maximum atomic E-state index is 9.85. The Balaban J connectivity index is 2.44. The van der Waals surface area contributed by atoms with Gasteiger partial charge in [-0.25, -0.2) is 4.98 Å². The second-order valence-electron chi connectivity index (χ2n) is 4.22. The van der Waals surface area contributed by atoms with Crippen molar-refractivity contribution in [3.63, 3.8) is 0 Å². The van der Waals surface area contributed by atoms with E-state index in [0.717, 1.165) is 10.6 Å². The fourth-order valence-electron chi connectivity index (χ4n) is 1.34. The van der Waals surface area contributed by atoms with Gasteiger partial charge in [0.2, 0.25) is 0 Å². The number of hydrogen-bond acceptors (Lipinski definition) is 3. The highest BCUT2D eigenvalue weighted by Gasteiger charge is 2.20. The molecule has 1 heterocycles. The molecule has 90 valence electrons. The van der Waals surface area contributed by atoms with Gasteiger partial charge in [0, 0.05) is 16.0 Å². The molecular weight excluding hydrogens is 277 g/mol. The normalized spacial score (nSPS) is 11.8. The van der Waals surface area contributed by atoms with Crippen LogP contribution in [0.1, 0.15) is 19.5 Å². The molecule has 1 N–H and O–H groups in total. The lowest BCUT2D eigenvalue weighted by molar-refractivity contribution is 0.0746. The summed E-state index contributed by atoms with van der Waals surface area (Å²) in [5.74, 6) is 0. The van der Waals surface area contributed by atoms with Crippen LogP contribution in [0.3, 0.4) is 0 Å². The molecular formula is C12H11Cl2NOS. The van der Waals surface area contributed by atoms with Crippen LogP contribution >= 0.6 is 34.5 Å². The molecule has 0 bridgehead atoms. The van der Waals surface area contributed by atoms with Crippen LogP contribution in [0.15, 0.2) is 23.6 Å². The molecule has 0 saturated heterocycles. The topological polar surface area (TPSA) is 33.1 Å². The number of thiazole rings is 1. The predicted octanol–water partition coefficient (Wildman–Crippen LogP) is 4.34. The Morgan fingerprint density at radius 1 is 1.29 bits per heavy atom. The van der Waals surface area contributed by atoms with Crippen LogP contribution in [-0.4, -0.2) is 10.1 Å². The minimum Gasteiger partial charge on any atom is -0.384 e. The van der Waals surface area contributed by atoms with Gasteiger partial charge in [-0.3, -0.25) is 0 Å². The van der Waals surface area contributed by atoms with E-state index in [4.69, 9.17) is 23.2 Å². The molecule has 1 aromatic heterocycles. The van der Waals surface area contributed by atoms with Gasteiger partial charge in [-0.15, -0.1) is 11.3 Å². The second kappa shape index (κ2) is 4.58. The fraction of sp³-hybridized carbons (Fsp3) is 0.250. The van der Waals surface area contributed by atoms with Gasteiger partial charge < -0.3 is 5.11 Å². The van der Waals surface area contributed by atoms with Crippen molar-refractivity contribution in [1.82, 2.24) is 4.98 Å². The fourth-order valence-corrected chi connectivity index (χ4v) is 2.92. The van der Waals surface area contributed by atoms with Gasteiger partial charge in [0.25, 0.3) is 0 Å². The van der Waals surface area contributed by atoms with Gasteiger partial charge in [-0.2, -0.15) is 0 Å². The van der Waals surface area contributed by atoms with Crippen LogP contribution in [0, 0.1) is 0 Å².